The number of hydrogen-bond acceptors (Lipinski definition) is 4. The van der Waals surface area contributed by atoms with Gasteiger partial charge in [0.25, 0.3) is 0 Å². The maximum atomic E-state index is 11.6. The van der Waals surface area contributed by atoms with Crippen LogP contribution in [0.4, 0.5) is 0 Å². The summed E-state index contributed by atoms with van der Waals surface area (Å²) >= 11 is 1.45. The molecule has 0 saturated heterocycles. The molecule has 0 amide bonds. The highest BCUT2D eigenvalue weighted by Gasteiger charge is 2.14. The molecular weight excluding hydrogens is 184 g/mol. The number of carbonyl (C=O) groups excluding carboxylic acids is 1. The molecule has 0 aliphatic heterocycles. The Morgan fingerprint density at radius 2 is 2.23 bits per heavy atom. The fourth-order valence-corrected chi connectivity index (χ4v) is 2.04. The molecule has 72 valence electrons. The minimum Gasteiger partial charge on any atom is -0.328 e. The van der Waals surface area contributed by atoms with Crippen LogP contribution in [0.15, 0.2) is 0 Å². The number of nitrogens with zero attached hydrogens (tertiary/aromatic N) is 1. The average molecular weight is 198 g/mol. The van der Waals surface area contributed by atoms with E-state index in [2.05, 4.69) is 4.98 Å². The van der Waals surface area contributed by atoms with Crippen molar-refractivity contribution in [2.24, 2.45) is 5.73 Å². The van der Waals surface area contributed by atoms with Gasteiger partial charge in [-0.1, -0.05) is 0 Å². The lowest BCUT2D eigenvalue weighted by atomic mass is 10.1. The molecule has 1 unspecified atom stereocenters. The normalized spacial score (nSPS) is 12.9. The van der Waals surface area contributed by atoms with Gasteiger partial charge in [0.1, 0.15) is 0 Å². The quantitative estimate of drug-likeness (QED) is 0.752. The van der Waals surface area contributed by atoms with Crippen LogP contribution in [-0.2, 0) is 0 Å². The second-order valence-electron chi connectivity index (χ2n) is 3.25. The predicted octanol–water partition coefficient (Wildman–Crippen LogP) is 1.68. The van der Waals surface area contributed by atoms with Gasteiger partial charge in [0, 0.05) is 12.5 Å². The molecule has 2 N–H and O–H groups in total. The fraction of sp³-hybridized carbons (Fsp3) is 0.556. The Morgan fingerprint density at radius 1 is 1.62 bits per heavy atom. The zero-order valence-corrected chi connectivity index (χ0v) is 8.94. The fourth-order valence-electron chi connectivity index (χ4n) is 1.18. The second kappa shape index (κ2) is 3.98. The van der Waals surface area contributed by atoms with Crippen LogP contribution < -0.4 is 5.73 Å². The summed E-state index contributed by atoms with van der Waals surface area (Å²) in [5.41, 5.74) is 6.38. The van der Waals surface area contributed by atoms with Crippen molar-refractivity contribution in [3.8, 4) is 0 Å². The molecule has 4 heteroatoms. The lowest BCUT2D eigenvalue weighted by Crippen LogP contribution is -2.19. The Balaban J connectivity index is 2.82. The van der Waals surface area contributed by atoms with Crippen molar-refractivity contribution in [1.29, 1.82) is 0 Å². The van der Waals surface area contributed by atoms with Gasteiger partial charge in [-0.15, -0.1) is 11.3 Å². The van der Waals surface area contributed by atoms with Gasteiger partial charge in [-0.05, 0) is 20.8 Å². The highest BCUT2D eigenvalue weighted by molar-refractivity contribution is 7.13. The minimum atomic E-state index is -0.0747. The van der Waals surface area contributed by atoms with E-state index < -0.39 is 0 Å². The van der Waals surface area contributed by atoms with Gasteiger partial charge in [0.2, 0.25) is 0 Å². The number of rotatable bonds is 3. The first-order valence-electron chi connectivity index (χ1n) is 4.23. The lowest BCUT2D eigenvalue weighted by Gasteiger charge is -2.01. The van der Waals surface area contributed by atoms with Crippen LogP contribution in [-0.4, -0.2) is 16.8 Å². The maximum absolute atomic E-state index is 11.6. The van der Waals surface area contributed by atoms with Gasteiger partial charge in [0.05, 0.1) is 15.6 Å². The number of carbonyl (C=O) groups is 1. The van der Waals surface area contributed by atoms with Gasteiger partial charge >= 0.3 is 0 Å². The number of Topliss-reactive ketones (excluding diaryl/α,β-unsaturated/α-hetero) is 1. The summed E-state index contributed by atoms with van der Waals surface area (Å²) in [4.78, 5) is 16.5. The zero-order valence-electron chi connectivity index (χ0n) is 8.13. The summed E-state index contributed by atoms with van der Waals surface area (Å²) in [6, 6.07) is -0.0747. The third kappa shape index (κ3) is 2.60. The molecule has 0 saturated carbocycles. The van der Waals surface area contributed by atoms with Crippen LogP contribution in [0.5, 0.6) is 0 Å². The van der Waals surface area contributed by atoms with Gasteiger partial charge in [0.15, 0.2) is 5.78 Å². The van der Waals surface area contributed by atoms with Gasteiger partial charge in [-0.25, -0.2) is 4.98 Å². The summed E-state index contributed by atoms with van der Waals surface area (Å²) in [5.74, 6) is 0.109. The number of ketones is 1. The van der Waals surface area contributed by atoms with Crippen molar-refractivity contribution in [2.45, 2.75) is 33.2 Å². The third-order valence-electron chi connectivity index (χ3n) is 1.66. The largest absolute Gasteiger partial charge is 0.328 e. The second-order valence-corrected chi connectivity index (χ2v) is 4.46. The Hall–Kier alpha value is -0.740. The van der Waals surface area contributed by atoms with Crippen molar-refractivity contribution in [1.82, 2.24) is 4.98 Å². The first-order valence-corrected chi connectivity index (χ1v) is 5.05. The van der Waals surface area contributed by atoms with Crippen molar-refractivity contribution in [2.75, 3.05) is 0 Å². The topological polar surface area (TPSA) is 56.0 Å². The average Bonchev–Trinajstić information content (AvgIpc) is 2.28. The summed E-state index contributed by atoms with van der Waals surface area (Å²) in [6.45, 7) is 5.60. The van der Waals surface area contributed by atoms with E-state index in [-0.39, 0.29) is 11.8 Å². The maximum Gasteiger partial charge on any atom is 0.176 e. The molecule has 1 rings (SSSR count). The molecule has 0 aliphatic rings. The Morgan fingerprint density at radius 3 is 2.62 bits per heavy atom. The highest BCUT2D eigenvalue weighted by atomic mass is 32.1. The van der Waals surface area contributed by atoms with E-state index in [9.17, 15) is 4.79 Å². The van der Waals surface area contributed by atoms with E-state index in [4.69, 9.17) is 5.73 Å². The number of thiazole rings is 1. The van der Waals surface area contributed by atoms with Crippen LogP contribution in [0.25, 0.3) is 0 Å². The van der Waals surface area contributed by atoms with Crippen molar-refractivity contribution in [3.05, 3.63) is 15.6 Å². The van der Waals surface area contributed by atoms with Crippen LogP contribution in [0, 0.1) is 13.8 Å². The first-order chi connectivity index (χ1) is 6.00. The van der Waals surface area contributed by atoms with E-state index in [1.54, 1.807) is 0 Å². The minimum absolute atomic E-state index is 0.0747. The van der Waals surface area contributed by atoms with E-state index in [1.165, 1.54) is 11.3 Å². The van der Waals surface area contributed by atoms with Crippen molar-refractivity contribution in [3.63, 3.8) is 0 Å². The SMILES string of the molecule is Cc1nc(C)c(C(=O)CC(C)N)s1. The molecule has 1 heterocycles. The molecule has 1 aromatic rings. The lowest BCUT2D eigenvalue weighted by molar-refractivity contribution is 0.0980. The van der Waals surface area contributed by atoms with Gasteiger partial charge in [-0.3, -0.25) is 4.79 Å². The standard InChI is InChI=1S/C9H14N2OS/c1-5(10)4-8(12)9-6(2)11-7(3)13-9/h5H,4,10H2,1-3H3. The molecule has 0 fully saturated rings. The number of nitrogens with two attached hydrogens (primary N) is 1. The molecule has 13 heavy (non-hydrogen) atoms. The molecule has 1 atom stereocenters. The number of aromatic nitrogens is 1. The summed E-state index contributed by atoms with van der Waals surface area (Å²) in [7, 11) is 0. The highest BCUT2D eigenvalue weighted by Crippen LogP contribution is 2.19. The molecule has 0 aromatic carbocycles. The summed E-state index contributed by atoms with van der Waals surface area (Å²) < 4.78 is 0. The van der Waals surface area contributed by atoms with E-state index >= 15 is 0 Å². The monoisotopic (exact) mass is 198 g/mol. The van der Waals surface area contributed by atoms with Crippen molar-refractivity contribution >= 4 is 17.1 Å². The molecule has 0 spiro atoms. The molecule has 1 aromatic heterocycles. The molecule has 0 radical (unpaired) electrons. The van der Waals surface area contributed by atoms with E-state index in [0.717, 1.165) is 15.6 Å². The summed E-state index contributed by atoms with van der Waals surface area (Å²) in [6.07, 6.45) is 0.405. The Kier molecular flexibility index (Phi) is 3.17. The van der Waals surface area contributed by atoms with Crippen LogP contribution in [0.2, 0.25) is 0 Å². The van der Waals surface area contributed by atoms with Crippen LogP contribution in [0.1, 0.15) is 33.7 Å². The molecule has 0 aliphatic carbocycles. The van der Waals surface area contributed by atoms with Crippen LogP contribution >= 0.6 is 11.3 Å². The first kappa shape index (κ1) is 10.3. The smallest absolute Gasteiger partial charge is 0.176 e. The van der Waals surface area contributed by atoms with Crippen molar-refractivity contribution < 1.29 is 4.79 Å². The summed E-state index contributed by atoms with van der Waals surface area (Å²) in [5, 5.41) is 0.936. The van der Waals surface area contributed by atoms with E-state index in [0.29, 0.717) is 6.42 Å². The zero-order chi connectivity index (χ0) is 10.0. The molecule has 3 nitrogen and oxygen atoms in total. The Labute approximate surface area is 82.0 Å². The van der Waals surface area contributed by atoms with Crippen LogP contribution in [0.3, 0.4) is 0 Å². The van der Waals surface area contributed by atoms with Gasteiger partial charge in [-0.2, -0.15) is 0 Å². The predicted molar refractivity (Wildman–Crippen MR) is 54.2 cm³/mol. The molecule has 0 bridgehead atoms. The van der Waals surface area contributed by atoms with Gasteiger partial charge < -0.3 is 5.73 Å². The Bertz CT molecular complexity index is 317. The molecular formula is C9H14N2OS. The third-order valence-corrected chi connectivity index (χ3v) is 2.78. The number of aryl methyl sites for hydroxylation is 2. The number of hydrogen-bond donors (Lipinski definition) is 1. The van der Waals surface area contributed by atoms with E-state index in [1.807, 2.05) is 20.8 Å².